The Balaban J connectivity index is 1.91. The predicted octanol–water partition coefficient (Wildman–Crippen LogP) is 0.340. The average molecular weight is 378 g/mol. The third-order valence-electron chi connectivity index (χ3n) is 4.72. The Morgan fingerprint density at radius 3 is 2.69 bits per heavy atom. The standard InChI is InChI=1S/C17H22N4O4S/c1-11(2)13-9-20(10-14(13)19-26(3,24)25)16(22)12-8-18-15-6-4-5-7-21(15)17(12)23/h4-8,11,13-14,19H,9-10H2,1-3H3/t13-,14+/m0/s1. The van der Waals surface area contributed by atoms with E-state index in [2.05, 4.69) is 9.71 Å². The highest BCUT2D eigenvalue weighted by atomic mass is 32.2. The Labute approximate surface area is 151 Å². The summed E-state index contributed by atoms with van der Waals surface area (Å²) < 4.78 is 27.2. The molecule has 9 heteroatoms. The van der Waals surface area contributed by atoms with E-state index < -0.39 is 21.5 Å². The molecular formula is C17H22N4O4S. The van der Waals surface area contributed by atoms with E-state index in [4.69, 9.17) is 0 Å². The Bertz CT molecular complexity index is 999. The molecule has 0 radical (unpaired) electrons. The van der Waals surface area contributed by atoms with Gasteiger partial charge in [-0.15, -0.1) is 0 Å². The number of nitrogens with zero attached hydrogens (tertiary/aromatic N) is 3. The van der Waals surface area contributed by atoms with Crippen molar-refractivity contribution in [3.05, 3.63) is 46.5 Å². The smallest absolute Gasteiger partial charge is 0.270 e. The number of rotatable bonds is 4. The molecule has 0 saturated carbocycles. The molecule has 1 N–H and O–H groups in total. The third-order valence-corrected chi connectivity index (χ3v) is 5.45. The fourth-order valence-corrected chi connectivity index (χ4v) is 4.21. The van der Waals surface area contributed by atoms with E-state index in [1.54, 1.807) is 24.4 Å². The van der Waals surface area contributed by atoms with E-state index in [-0.39, 0.29) is 30.0 Å². The van der Waals surface area contributed by atoms with Gasteiger partial charge in [-0.2, -0.15) is 0 Å². The number of carbonyl (C=O) groups excluding carboxylic acids is 1. The molecule has 1 saturated heterocycles. The number of hydrogen-bond donors (Lipinski definition) is 1. The minimum atomic E-state index is -3.39. The zero-order valence-electron chi connectivity index (χ0n) is 14.9. The summed E-state index contributed by atoms with van der Waals surface area (Å²) in [5.41, 5.74) is 0.0181. The van der Waals surface area contributed by atoms with Crippen LogP contribution in [-0.4, -0.2) is 54.0 Å². The predicted molar refractivity (Wildman–Crippen MR) is 97.5 cm³/mol. The van der Waals surface area contributed by atoms with Crippen molar-refractivity contribution in [1.82, 2.24) is 19.0 Å². The van der Waals surface area contributed by atoms with Crippen molar-refractivity contribution in [2.75, 3.05) is 19.3 Å². The lowest BCUT2D eigenvalue weighted by Crippen LogP contribution is -2.42. The molecule has 1 aliphatic rings. The first kappa shape index (κ1) is 18.5. The number of hydrogen-bond acceptors (Lipinski definition) is 5. The van der Waals surface area contributed by atoms with Crippen molar-refractivity contribution in [1.29, 1.82) is 0 Å². The van der Waals surface area contributed by atoms with Gasteiger partial charge in [0, 0.05) is 31.5 Å². The molecule has 0 spiro atoms. The second-order valence-corrected chi connectivity index (χ2v) is 8.80. The number of carbonyl (C=O) groups is 1. The molecule has 0 unspecified atom stereocenters. The topological polar surface area (TPSA) is 101 Å². The zero-order chi connectivity index (χ0) is 19.1. The molecular weight excluding hydrogens is 356 g/mol. The Morgan fingerprint density at radius 1 is 1.31 bits per heavy atom. The van der Waals surface area contributed by atoms with Gasteiger partial charge in [0.2, 0.25) is 10.0 Å². The number of amides is 1. The highest BCUT2D eigenvalue weighted by Gasteiger charge is 2.39. The summed E-state index contributed by atoms with van der Waals surface area (Å²) in [4.78, 5) is 31.2. The molecule has 0 aliphatic carbocycles. The molecule has 1 fully saturated rings. The SMILES string of the molecule is CC(C)[C@@H]1CN(C(=O)c2cnc3ccccn3c2=O)C[C@H]1NS(C)(=O)=O. The minimum Gasteiger partial charge on any atom is -0.336 e. The first-order valence-electron chi connectivity index (χ1n) is 8.40. The van der Waals surface area contributed by atoms with E-state index in [1.807, 2.05) is 13.8 Å². The summed E-state index contributed by atoms with van der Waals surface area (Å²) in [6.45, 7) is 4.59. The van der Waals surface area contributed by atoms with Crippen LogP contribution in [-0.2, 0) is 10.0 Å². The van der Waals surface area contributed by atoms with Crippen molar-refractivity contribution in [2.24, 2.45) is 11.8 Å². The second-order valence-electron chi connectivity index (χ2n) is 7.02. The van der Waals surface area contributed by atoms with Crippen LogP contribution in [0.25, 0.3) is 5.65 Å². The summed E-state index contributed by atoms with van der Waals surface area (Å²) in [5.74, 6) is -0.267. The van der Waals surface area contributed by atoms with Crippen molar-refractivity contribution < 1.29 is 13.2 Å². The zero-order valence-corrected chi connectivity index (χ0v) is 15.7. The summed E-state index contributed by atoms with van der Waals surface area (Å²) in [7, 11) is -3.39. The van der Waals surface area contributed by atoms with Gasteiger partial charge in [-0.05, 0) is 24.0 Å². The van der Waals surface area contributed by atoms with Crippen LogP contribution < -0.4 is 10.3 Å². The lowest BCUT2D eigenvalue weighted by atomic mass is 9.92. The summed E-state index contributed by atoms with van der Waals surface area (Å²) in [6, 6.07) is 4.77. The fourth-order valence-electron chi connectivity index (χ4n) is 3.41. The average Bonchev–Trinajstić information content (AvgIpc) is 2.97. The number of pyridine rings is 1. The van der Waals surface area contributed by atoms with Crippen LogP contribution in [0.4, 0.5) is 0 Å². The Hall–Kier alpha value is -2.26. The number of nitrogens with one attached hydrogen (secondary N) is 1. The van der Waals surface area contributed by atoms with Crippen LogP contribution in [0.1, 0.15) is 24.2 Å². The maximum Gasteiger partial charge on any atom is 0.270 e. The van der Waals surface area contributed by atoms with Crippen molar-refractivity contribution in [3.8, 4) is 0 Å². The Kier molecular flexibility index (Phi) is 4.85. The van der Waals surface area contributed by atoms with E-state index in [1.165, 1.54) is 15.5 Å². The van der Waals surface area contributed by atoms with Gasteiger partial charge in [-0.3, -0.25) is 14.0 Å². The van der Waals surface area contributed by atoms with Gasteiger partial charge >= 0.3 is 0 Å². The van der Waals surface area contributed by atoms with Gasteiger partial charge in [0.15, 0.2) is 0 Å². The van der Waals surface area contributed by atoms with E-state index in [9.17, 15) is 18.0 Å². The van der Waals surface area contributed by atoms with Crippen LogP contribution in [0, 0.1) is 11.8 Å². The molecule has 8 nitrogen and oxygen atoms in total. The van der Waals surface area contributed by atoms with Gasteiger partial charge in [0.1, 0.15) is 11.2 Å². The number of aromatic nitrogens is 2. The van der Waals surface area contributed by atoms with Gasteiger partial charge < -0.3 is 4.90 Å². The van der Waals surface area contributed by atoms with E-state index in [0.717, 1.165) is 6.26 Å². The highest BCUT2D eigenvalue weighted by Crippen LogP contribution is 2.25. The Morgan fingerprint density at radius 2 is 2.04 bits per heavy atom. The molecule has 3 heterocycles. The van der Waals surface area contributed by atoms with Crippen molar-refractivity contribution in [2.45, 2.75) is 19.9 Å². The molecule has 2 atom stereocenters. The quantitative estimate of drug-likeness (QED) is 0.827. The number of likely N-dealkylation sites (tertiary alicyclic amines) is 1. The van der Waals surface area contributed by atoms with Crippen LogP contribution in [0.5, 0.6) is 0 Å². The lowest BCUT2D eigenvalue weighted by molar-refractivity contribution is 0.0780. The lowest BCUT2D eigenvalue weighted by Gasteiger charge is -2.21. The highest BCUT2D eigenvalue weighted by molar-refractivity contribution is 7.88. The van der Waals surface area contributed by atoms with E-state index in [0.29, 0.717) is 12.2 Å². The molecule has 2 aromatic rings. The van der Waals surface area contributed by atoms with Gasteiger partial charge in [0.25, 0.3) is 11.5 Å². The maximum absolute atomic E-state index is 12.9. The van der Waals surface area contributed by atoms with Crippen LogP contribution in [0.15, 0.2) is 35.4 Å². The van der Waals surface area contributed by atoms with Crippen LogP contribution in [0.3, 0.4) is 0 Å². The van der Waals surface area contributed by atoms with Gasteiger partial charge in [-0.1, -0.05) is 19.9 Å². The summed E-state index contributed by atoms with van der Waals surface area (Å²) in [5, 5.41) is 0. The summed E-state index contributed by atoms with van der Waals surface area (Å²) in [6.07, 6.45) is 3.96. The van der Waals surface area contributed by atoms with Crippen molar-refractivity contribution >= 4 is 21.6 Å². The van der Waals surface area contributed by atoms with Gasteiger partial charge in [-0.25, -0.2) is 18.1 Å². The molecule has 140 valence electrons. The molecule has 1 amide bonds. The second kappa shape index (κ2) is 6.81. The van der Waals surface area contributed by atoms with Gasteiger partial charge in [0.05, 0.1) is 6.26 Å². The third kappa shape index (κ3) is 3.63. The summed E-state index contributed by atoms with van der Waals surface area (Å²) >= 11 is 0. The monoisotopic (exact) mass is 378 g/mol. The molecule has 2 aromatic heterocycles. The van der Waals surface area contributed by atoms with Crippen LogP contribution in [0.2, 0.25) is 0 Å². The maximum atomic E-state index is 12.9. The van der Waals surface area contributed by atoms with Crippen LogP contribution >= 0.6 is 0 Å². The molecule has 0 aromatic carbocycles. The molecule has 1 aliphatic heterocycles. The normalized spacial score (nSPS) is 20.8. The number of sulfonamides is 1. The molecule has 0 bridgehead atoms. The fraction of sp³-hybridized carbons (Fsp3) is 0.471. The largest absolute Gasteiger partial charge is 0.336 e. The van der Waals surface area contributed by atoms with Crippen molar-refractivity contribution in [3.63, 3.8) is 0 Å². The first-order chi connectivity index (χ1) is 12.2. The molecule has 3 rings (SSSR count). The first-order valence-corrected chi connectivity index (χ1v) is 10.3. The van der Waals surface area contributed by atoms with E-state index >= 15 is 0 Å². The number of fused-ring (bicyclic) bond motifs is 1. The minimum absolute atomic E-state index is 0.0174. The molecule has 26 heavy (non-hydrogen) atoms.